The van der Waals surface area contributed by atoms with Gasteiger partial charge >= 0.3 is 11.7 Å². The van der Waals surface area contributed by atoms with Gasteiger partial charge in [-0.2, -0.15) is 4.99 Å². The lowest BCUT2D eigenvalue weighted by atomic mass is 10.1. The van der Waals surface area contributed by atoms with Gasteiger partial charge in [0.05, 0.1) is 22.8 Å². The maximum atomic E-state index is 12.8. The van der Waals surface area contributed by atoms with Gasteiger partial charge in [-0.1, -0.05) is 42.9 Å². The molecule has 2 aromatic heterocycles. The maximum Gasteiger partial charge on any atom is 0.420 e. The standard InChI is InChI=1S/C23H23N3O5S/c1-3-4-7-15-10-11-17-19(12-15)32-22(25(17)14-21(28)30-2)24-20(27)13-26-16-8-5-6-9-18(16)31-23(26)29/h5-6,8-12H,3-4,7,13-14H2,1-2H3. The molecule has 166 valence electrons. The topological polar surface area (TPSA) is 95.8 Å². The molecule has 2 heterocycles. The third-order valence-corrected chi connectivity index (χ3v) is 6.21. The highest BCUT2D eigenvalue weighted by atomic mass is 32.1. The normalized spacial score (nSPS) is 12.0. The number of fused-ring (bicyclic) bond motifs is 2. The zero-order valence-electron chi connectivity index (χ0n) is 17.9. The number of carbonyl (C=O) groups is 2. The smallest absolute Gasteiger partial charge is 0.420 e. The van der Waals surface area contributed by atoms with Gasteiger partial charge in [-0.15, -0.1) is 0 Å². The number of rotatable bonds is 7. The van der Waals surface area contributed by atoms with Crippen LogP contribution < -0.4 is 10.6 Å². The summed E-state index contributed by atoms with van der Waals surface area (Å²) in [5, 5.41) is 0. The number of para-hydroxylation sites is 2. The van der Waals surface area contributed by atoms with Crippen LogP contribution in [0.2, 0.25) is 0 Å². The summed E-state index contributed by atoms with van der Waals surface area (Å²) in [6.07, 6.45) is 3.15. The first-order valence-corrected chi connectivity index (χ1v) is 11.2. The Hall–Kier alpha value is -3.46. The molecule has 2 aromatic carbocycles. The summed E-state index contributed by atoms with van der Waals surface area (Å²) in [5.41, 5.74) is 2.94. The molecule has 0 bridgehead atoms. The number of thiazole rings is 1. The number of nitrogens with zero attached hydrogens (tertiary/aromatic N) is 3. The molecule has 0 unspecified atom stereocenters. The highest BCUT2D eigenvalue weighted by Crippen LogP contribution is 2.21. The molecule has 0 fully saturated rings. The number of unbranched alkanes of at least 4 members (excludes halogenated alkanes) is 1. The quantitative estimate of drug-likeness (QED) is 0.400. The fourth-order valence-corrected chi connectivity index (χ4v) is 4.64. The zero-order valence-corrected chi connectivity index (χ0v) is 18.7. The number of hydrogen-bond acceptors (Lipinski definition) is 6. The van der Waals surface area contributed by atoms with Crippen molar-refractivity contribution < 1.29 is 18.7 Å². The molecule has 0 saturated carbocycles. The number of carbonyl (C=O) groups excluding carboxylic acids is 2. The van der Waals surface area contributed by atoms with Gasteiger partial charge in [0.25, 0.3) is 5.91 Å². The van der Waals surface area contributed by atoms with Gasteiger partial charge in [0.15, 0.2) is 10.4 Å². The summed E-state index contributed by atoms with van der Waals surface area (Å²) in [5.74, 6) is -1.57. The number of aromatic nitrogens is 2. The second kappa shape index (κ2) is 9.35. The van der Waals surface area contributed by atoms with E-state index in [0.717, 1.165) is 29.5 Å². The van der Waals surface area contributed by atoms with Gasteiger partial charge in [0.2, 0.25) is 0 Å². The molecule has 0 spiro atoms. The molecular weight excluding hydrogens is 430 g/mol. The molecule has 0 aliphatic heterocycles. The van der Waals surface area contributed by atoms with E-state index >= 15 is 0 Å². The van der Waals surface area contributed by atoms with E-state index in [1.54, 1.807) is 28.8 Å². The van der Waals surface area contributed by atoms with E-state index in [0.29, 0.717) is 15.9 Å². The van der Waals surface area contributed by atoms with Crippen molar-refractivity contribution in [1.29, 1.82) is 0 Å². The Balaban J connectivity index is 1.74. The first kappa shape index (κ1) is 21.8. The Morgan fingerprint density at radius 3 is 2.69 bits per heavy atom. The minimum atomic E-state index is -0.617. The second-order valence-electron chi connectivity index (χ2n) is 7.38. The number of aryl methyl sites for hydroxylation is 1. The highest BCUT2D eigenvalue weighted by molar-refractivity contribution is 7.16. The van der Waals surface area contributed by atoms with E-state index in [9.17, 15) is 14.4 Å². The van der Waals surface area contributed by atoms with Crippen LogP contribution in [0, 0.1) is 0 Å². The molecule has 4 aromatic rings. The first-order valence-electron chi connectivity index (χ1n) is 10.3. The van der Waals surface area contributed by atoms with Crippen molar-refractivity contribution in [3.05, 3.63) is 63.4 Å². The second-order valence-corrected chi connectivity index (χ2v) is 8.39. The molecule has 0 saturated heterocycles. The number of ether oxygens (including phenoxy) is 1. The molecule has 4 rings (SSSR count). The Kier molecular flexibility index (Phi) is 6.36. The van der Waals surface area contributed by atoms with Crippen LogP contribution >= 0.6 is 11.3 Å². The van der Waals surface area contributed by atoms with E-state index in [4.69, 9.17) is 9.15 Å². The van der Waals surface area contributed by atoms with Gasteiger partial charge in [-0.3, -0.25) is 14.2 Å². The van der Waals surface area contributed by atoms with E-state index in [-0.39, 0.29) is 13.1 Å². The summed E-state index contributed by atoms with van der Waals surface area (Å²) in [4.78, 5) is 41.6. The number of methoxy groups -OCH3 is 1. The van der Waals surface area contributed by atoms with E-state index in [1.807, 2.05) is 12.1 Å². The monoisotopic (exact) mass is 453 g/mol. The average Bonchev–Trinajstić information content (AvgIpc) is 3.28. The first-order chi connectivity index (χ1) is 15.5. The van der Waals surface area contributed by atoms with Crippen molar-refractivity contribution in [3.8, 4) is 0 Å². The lowest BCUT2D eigenvalue weighted by Gasteiger charge is -2.05. The molecule has 0 N–H and O–H groups in total. The van der Waals surface area contributed by atoms with Crippen LogP contribution in [0.3, 0.4) is 0 Å². The Bertz CT molecular complexity index is 1420. The Morgan fingerprint density at radius 2 is 1.91 bits per heavy atom. The lowest BCUT2D eigenvalue weighted by Crippen LogP contribution is -2.24. The van der Waals surface area contributed by atoms with Crippen LogP contribution in [0.15, 0.2) is 56.7 Å². The maximum absolute atomic E-state index is 12.8. The number of esters is 1. The van der Waals surface area contributed by atoms with Crippen molar-refractivity contribution >= 4 is 44.5 Å². The summed E-state index contributed by atoms with van der Waals surface area (Å²) in [6, 6.07) is 12.9. The predicted molar refractivity (Wildman–Crippen MR) is 121 cm³/mol. The summed E-state index contributed by atoms with van der Waals surface area (Å²) in [6.45, 7) is 1.82. The van der Waals surface area contributed by atoms with E-state index in [2.05, 4.69) is 18.0 Å². The van der Waals surface area contributed by atoms with Gasteiger partial charge in [0.1, 0.15) is 13.1 Å². The van der Waals surface area contributed by atoms with Crippen LogP contribution in [0.5, 0.6) is 0 Å². The van der Waals surface area contributed by atoms with Crippen LogP contribution in [-0.2, 0) is 33.8 Å². The number of benzene rings is 2. The van der Waals surface area contributed by atoms with Crippen LogP contribution in [0.1, 0.15) is 25.3 Å². The molecule has 32 heavy (non-hydrogen) atoms. The molecule has 8 nitrogen and oxygen atoms in total. The van der Waals surface area contributed by atoms with Crippen LogP contribution in [0.4, 0.5) is 0 Å². The summed E-state index contributed by atoms with van der Waals surface area (Å²) >= 11 is 1.33. The number of amides is 1. The van der Waals surface area contributed by atoms with E-state index < -0.39 is 17.6 Å². The van der Waals surface area contributed by atoms with Gasteiger partial charge in [-0.25, -0.2) is 4.79 Å². The SMILES string of the molecule is CCCCc1ccc2c(c1)sc(=NC(=O)Cn1c(=O)oc3ccccc31)n2CC(=O)OC. The molecule has 0 atom stereocenters. The minimum absolute atomic E-state index is 0.0640. The average molecular weight is 454 g/mol. The molecule has 1 amide bonds. The van der Waals surface area contributed by atoms with Gasteiger partial charge < -0.3 is 13.7 Å². The predicted octanol–water partition coefficient (Wildman–Crippen LogP) is 3.25. The van der Waals surface area contributed by atoms with Crippen LogP contribution in [0.25, 0.3) is 21.3 Å². The third kappa shape index (κ3) is 4.43. The molecule has 0 aliphatic carbocycles. The largest absolute Gasteiger partial charge is 0.468 e. The number of hydrogen-bond donors (Lipinski definition) is 0. The van der Waals surface area contributed by atoms with Crippen molar-refractivity contribution in [3.63, 3.8) is 0 Å². The van der Waals surface area contributed by atoms with Gasteiger partial charge in [-0.05, 0) is 42.7 Å². The molecule has 0 aliphatic rings. The van der Waals surface area contributed by atoms with E-state index in [1.165, 1.54) is 28.6 Å². The van der Waals surface area contributed by atoms with Crippen molar-refractivity contribution in [2.24, 2.45) is 4.99 Å². The highest BCUT2D eigenvalue weighted by Gasteiger charge is 2.15. The third-order valence-electron chi connectivity index (χ3n) is 5.17. The van der Waals surface area contributed by atoms with Gasteiger partial charge in [0, 0.05) is 0 Å². The van der Waals surface area contributed by atoms with Crippen molar-refractivity contribution in [2.45, 2.75) is 39.3 Å². The zero-order chi connectivity index (χ0) is 22.7. The van der Waals surface area contributed by atoms with Crippen LogP contribution in [-0.4, -0.2) is 28.1 Å². The Labute approximate surface area is 187 Å². The lowest BCUT2D eigenvalue weighted by molar-refractivity contribution is -0.141. The molecule has 0 radical (unpaired) electrons. The van der Waals surface area contributed by atoms with Crippen molar-refractivity contribution in [2.75, 3.05) is 7.11 Å². The summed E-state index contributed by atoms with van der Waals surface area (Å²) < 4.78 is 13.9. The number of oxazole rings is 1. The molecular formula is C23H23N3O5S. The minimum Gasteiger partial charge on any atom is -0.468 e. The summed E-state index contributed by atoms with van der Waals surface area (Å²) in [7, 11) is 1.32. The molecule has 9 heteroatoms. The fourth-order valence-electron chi connectivity index (χ4n) is 3.53. The Morgan fingerprint density at radius 1 is 1.09 bits per heavy atom. The van der Waals surface area contributed by atoms with Crippen molar-refractivity contribution in [1.82, 2.24) is 9.13 Å². The fraction of sp³-hybridized carbons (Fsp3) is 0.304.